The molecule has 0 saturated heterocycles. The number of rotatable bonds is 1. The van der Waals surface area contributed by atoms with Crippen LogP contribution in [0.4, 0.5) is 26.3 Å². The molecule has 0 bridgehead atoms. The highest BCUT2D eigenvalue weighted by Gasteiger charge is 2.46. The number of hydrogen-bond acceptors (Lipinski definition) is 0. The summed E-state index contributed by atoms with van der Waals surface area (Å²) in [4.78, 5) is 0. The third-order valence-electron chi connectivity index (χ3n) is 13.1. The summed E-state index contributed by atoms with van der Waals surface area (Å²) in [6.07, 6.45) is -9.12. The lowest BCUT2D eigenvalue weighted by molar-refractivity contribution is -0.138. The summed E-state index contributed by atoms with van der Waals surface area (Å²) < 4.78 is 89.6. The van der Waals surface area contributed by atoms with Gasteiger partial charge in [0.25, 0.3) is 0 Å². The lowest BCUT2D eigenvalue weighted by Gasteiger charge is -2.32. The van der Waals surface area contributed by atoms with Crippen molar-refractivity contribution in [2.24, 2.45) is 0 Å². The number of fused-ring (bicyclic) bond motifs is 10. The molecule has 9 heteroatoms. The van der Waals surface area contributed by atoms with Crippen molar-refractivity contribution in [3.8, 4) is 55.6 Å². The highest BCUT2D eigenvalue weighted by atomic mass is 127. The second kappa shape index (κ2) is 10.5. The Morgan fingerprint density at radius 3 is 1.33 bits per heavy atom. The van der Waals surface area contributed by atoms with Crippen LogP contribution < -0.4 is 32.8 Å². The van der Waals surface area contributed by atoms with Gasteiger partial charge in [-0.15, -0.1) is 0 Å². The van der Waals surface area contributed by atoms with E-state index in [1.807, 2.05) is 84.9 Å². The molecular formula is C48H21B2F6I. The van der Waals surface area contributed by atoms with Crippen LogP contribution in [0.3, 0.4) is 0 Å². The van der Waals surface area contributed by atoms with Crippen molar-refractivity contribution in [1.82, 2.24) is 0 Å². The van der Waals surface area contributed by atoms with Crippen LogP contribution in [0.2, 0.25) is 0 Å². The third kappa shape index (κ3) is 3.98. The first-order valence-corrected chi connectivity index (χ1v) is 19.8. The smallest absolute Gasteiger partial charge is 0.166 e. The fourth-order valence-electron chi connectivity index (χ4n) is 11.1. The van der Waals surface area contributed by atoms with E-state index in [9.17, 15) is 26.3 Å². The van der Waals surface area contributed by atoms with Gasteiger partial charge in [-0.05, 0) is 147 Å². The van der Waals surface area contributed by atoms with Gasteiger partial charge >= 0.3 is 12.4 Å². The first kappa shape index (κ1) is 32.5. The molecule has 0 radical (unpaired) electrons. The van der Waals surface area contributed by atoms with Crippen molar-refractivity contribution in [2.75, 3.05) is 0 Å². The second-order valence-electron chi connectivity index (χ2n) is 15.8. The van der Waals surface area contributed by atoms with Crippen molar-refractivity contribution in [3.63, 3.8) is 0 Å². The predicted octanol–water partition coefficient (Wildman–Crippen LogP) is 9.85. The zero-order chi connectivity index (χ0) is 38.4. The monoisotopic (exact) mass is 860 g/mol. The zero-order valence-electron chi connectivity index (χ0n) is 29.4. The van der Waals surface area contributed by atoms with Gasteiger partial charge < -0.3 is 0 Å². The third-order valence-corrected chi connectivity index (χ3v) is 14.0. The van der Waals surface area contributed by atoms with E-state index in [1.165, 1.54) is 24.3 Å². The Labute approximate surface area is 335 Å². The summed E-state index contributed by atoms with van der Waals surface area (Å²) in [7, 11) is 0. The van der Waals surface area contributed by atoms with E-state index in [-0.39, 0.29) is 13.4 Å². The maximum Gasteiger partial charge on any atom is 0.416 e. The van der Waals surface area contributed by atoms with E-state index < -0.39 is 23.5 Å². The average molecular weight is 860 g/mol. The first-order valence-electron chi connectivity index (χ1n) is 18.7. The van der Waals surface area contributed by atoms with E-state index in [2.05, 4.69) is 40.8 Å². The second-order valence-corrected chi connectivity index (χ2v) is 16.9. The Kier molecular flexibility index (Phi) is 5.99. The topological polar surface area (TPSA) is 0 Å². The zero-order valence-corrected chi connectivity index (χ0v) is 31.6. The number of alkyl halides is 6. The molecule has 268 valence electrons. The lowest BCUT2D eigenvalue weighted by atomic mass is 9.34. The first-order chi connectivity index (χ1) is 27.5. The van der Waals surface area contributed by atoms with E-state index in [1.54, 1.807) is 0 Å². The molecule has 0 fully saturated rings. The van der Waals surface area contributed by atoms with E-state index in [0.717, 1.165) is 102 Å². The Balaban J connectivity index is 1.27. The summed E-state index contributed by atoms with van der Waals surface area (Å²) >= 11 is 2.34. The maximum atomic E-state index is 14.8. The molecule has 4 heterocycles. The van der Waals surface area contributed by atoms with Crippen LogP contribution in [0.5, 0.6) is 0 Å². The van der Waals surface area contributed by atoms with Gasteiger partial charge in [0.05, 0.1) is 11.1 Å². The molecule has 57 heavy (non-hydrogen) atoms. The average Bonchev–Trinajstić information content (AvgIpc) is 3.72. The minimum atomic E-state index is -4.57. The van der Waals surface area contributed by atoms with Crippen LogP contribution in [-0.2, 0) is 12.4 Å². The van der Waals surface area contributed by atoms with Crippen molar-refractivity contribution in [3.05, 3.63) is 142 Å². The number of hydrogen-bond donors (Lipinski definition) is 0. The molecule has 0 spiro atoms. The largest absolute Gasteiger partial charge is 0.416 e. The molecular weight excluding hydrogens is 839 g/mol. The number of benzene rings is 9. The highest BCUT2D eigenvalue weighted by Crippen LogP contribution is 2.51. The van der Waals surface area contributed by atoms with Gasteiger partial charge in [0.1, 0.15) is 0 Å². The molecule has 9 aromatic carbocycles. The van der Waals surface area contributed by atoms with Crippen LogP contribution in [0.1, 0.15) is 11.1 Å². The number of halogens is 7. The SMILES string of the molecule is FC(F)(F)c1cc2c3c(c1)-c1cc(I)c4cc5c6c(cc(-c7ccccc7)c7cc(c1c4c76)B3c1ccccc1-2)-c1cc(C(F)(F)F)cc2c1B5c1ccccc1-2. The van der Waals surface area contributed by atoms with Gasteiger partial charge in [0.2, 0.25) is 13.4 Å². The minimum Gasteiger partial charge on any atom is -0.166 e. The van der Waals surface area contributed by atoms with Gasteiger partial charge in [-0.25, -0.2) is 0 Å². The molecule has 13 rings (SSSR count). The Hall–Kier alpha value is -5.54. The summed E-state index contributed by atoms with van der Waals surface area (Å²) in [6, 6.07) is 39.4. The van der Waals surface area contributed by atoms with Crippen LogP contribution in [0.25, 0.3) is 88.0 Å². The van der Waals surface area contributed by atoms with E-state index >= 15 is 0 Å². The Morgan fingerprint density at radius 2 is 0.807 bits per heavy atom. The molecule has 0 saturated carbocycles. The molecule has 0 nitrogen and oxygen atoms in total. The minimum absolute atomic E-state index is 0.294. The fourth-order valence-corrected chi connectivity index (χ4v) is 11.8. The lowest BCUT2D eigenvalue weighted by Crippen LogP contribution is -2.53. The molecule has 0 unspecified atom stereocenters. The molecule has 0 aliphatic carbocycles. The van der Waals surface area contributed by atoms with E-state index in [0.29, 0.717) is 22.3 Å². The normalized spacial score (nSPS) is 14.2. The molecule has 4 aliphatic rings. The predicted molar refractivity (Wildman–Crippen MR) is 229 cm³/mol. The van der Waals surface area contributed by atoms with Gasteiger partial charge in [-0.2, -0.15) is 26.3 Å². The van der Waals surface area contributed by atoms with Crippen molar-refractivity contribution in [2.45, 2.75) is 12.4 Å². The molecule has 0 N–H and O–H groups in total. The summed E-state index contributed by atoms with van der Waals surface area (Å²) in [6.45, 7) is -0.597. The molecule has 0 amide bonds. The quantitative estimate of drug-likeness (QED) is 0.0668. The van der Waals surface area contributed by atoms with Crippen LogP contribution in [0, 0.1) is 3.57 Å². The fraction of sp³-hybridized carbons (Fsp3) is 0.0417. The van der Waals surface area contributed by atoms with E-state index in [4.69, 9.17) is 0 Å². The molecule has 9 aromatic rings. The molecule has 0 atom stereocenters. The van der Waals surface area contributed by atoms with Crippen molar-refractivity contribution < 1.29 is 26.3 Å². The Morgan fingerprint density at radius 1 is 0.368 bits per heavy atom. The maximum absolute atomic E-state index is 14.8. The summed E-state index contributed by atoms with van der Waals surface area (Å²) in [5.74, 6) is 0. The van der Waals surface area contributed by atoms with Gasteiger partial charge in [0, 0.05) is 3.57 Å². The van der Waals surface area contributed by atoms with Gasteiger partial charge in [-0.1, -0.05) is 124 Å². The van der Waals surface area contributed by atoms with Crippen LogP contribution in [0.15, 0.2) is 127 Å². The van der Waals surface area contributed by atoms with Crippen molar-refractivity contribution >= 4 is 101 Å². The van der Waals surface area contributed by atoms with Crippen LogP contribution in [-0.4, -0.2) is 13.4 Å². The molecule has 4 aliphatic heterocycles. The highest BCUT2D eigenvalue weighted by molar-refractivity contribution is 14.1. The standard InChI is InChI=1S/C48H21B2F6I/c51-47(52,53)23-14-31-25-10-5-7-13-37(25)50-39-20-35-40(57)21-30-34-17-24(48(54,55)56)15-32-26-11-4-6-12-36(26)49(46(32)34)38-19-29-27(22-8-2-1-3-9-22)18-28(33(16-23)45(31)50)41(39)43(29)44(35)42(30)38/h1-21H. The van der Waals surface area contributed by atoms with Crippen molar-refractivity contribution in [1.29, 1.82) is 0 Å². The van der Waals surface area contributed by atoms with Gasteiger partial charge in [0.15, 0.2) is 0 Å². The summed E-state index contributed by atoms with van der Waals surface area (Å²) in [5, 5.41) is 5.65. The van der Waals surface area contributed by atoms with Gasteiger partial charge in [-0.3, -0.25) is 0 Å². The Bertz CT molecular complexity index is 3340. The molecule has 0 aromatic heterocycles. The summed E-state index contributed by atoms with van der Waals surface area (Å²) in [5.41, 5.74) is 11.7. The van der Waals surface area contributed by atoms with Crippen LogP contribution >= 0.6 is 22.6 Å².